The average molecular weight is 283 g/mol. The summed E-state index contributed by atoms with van der Waals surface area (Å²) in [6, 6.07) is 0. The third-order valence-electron chi connectivity index (χ3n) is 3.63. The fourth-order valence-corrected chi connectivity index (χ4v) is 2.54. The Bertz CT molecular complexity index is 371. The second kappa shape index (κ2) is 8.34. The van der Waals surface area contributed by atoms with E-state index < -0.39 is 0 Å². The molecule has 6 heteroatoms. The molecule has 1 aliphatic rings. The predicted molar refractivity (Wildman–Crippen MR) is 74.2 cm³/mol. The lowest BCUT2D eigenvalue weighted by Gasteiger charge is -2.19. The molecule has 2 N–H and O–H groups in total. The van der Waals surface area contributed by atoms with Gasteiger partial charge < -0.3 is 19.7 Å². The molecule has 0 aliphatic carbocycles. The molecule has 0 spiro atoms. The number of aryl methyl sites for hydroxylation is 1. The van der Waals surface area contributed by atoms with E-state index in [-0.39, 0.29) is 6.10 Å². The van der Waals surface area contributed by atoms with E-state index in [1.165, 1.54) is 12.8 Å². The Morgan fingerprint density at radius 1 is 1.30 bits per heavy atom. The fourth-order valence-electron chi connectivity index (χ4n) is 2.54. The highest BCUT2D eigenvalue weighted by molar-refractivity contribution is 4.92. The molecule has 0 radical (unpaired) electrons. The van der Waals surface area contributed by atoms with Crippen LogP contribution in [0.15, 0.2) is 4.52 Å². The van der Waals surface area contributed by atoms with Crippen molar-refractivity contribution in [3.8, 4) is 0 Å². The van der Waals surface area contributed by atoms with Crippen molar-refractivity contribution >= 4 is 0 Å². The maximum Gasteiger partial charge on any atom is 0.226 e. The minimum atomic E-state index is -0.184. The lowest BCUT2D eigenvalue weighted by Crippen LogP contribution is -2.22. The molecule has 0 aromatic carbocycles. The van der Waals surface area contributed by atoms with Crippen LogP contribution in [0.2, 0.25) is 0 Å². The van der Waals surface area contributed by atoms with Crippen molar-refractivity contribution in [2.75, 3.05) is 26.4 Å². The zero-order chi connectivity index (χ0) is 14.2. The Morgan fingerprint density at radius 3 is 2.90 bits per heavy atom. The monoisotopic (exact) mass is 283 g/mol. The molecule has 1 saturated heterocycles. The van der Waals surface area contributed by atoms with Crippen molar-refractivity contribution in [1.82, 2.24) is 10.1 Å². The van der Waals surface area contributed by atoms with Gasteiger partial charge in [-0.3, -0.25) is 0 Å². The third kappa shape index (κ3) is 4.54. The van der Waals surface area contributed by atoms with Gasteiger partial charge in [0.25, 0.3) is 0 Å². The van der Waals surface area contributed by atoms with E-state index in [4.69, 9.17) is 19.7 Å². The second-order valence-corrected chi connectivity index (χ2v) is 5.25. The highest BCUT2D eigenvalue weighted by atomic mass is 16.6. The first kappa shape index (κ1) is 15.4. The number of nitrogens with two attached hydrogens (primary N) is 1. The van der Waals surface area contributed by atoms with Gasteiger partial charge in [0.05, 0.1) is 19.8 Å². The Kier molecular flexibility index (Phi) is 6.42. The molecule has 1 aromatic rings. The Morgan fingerprint density at radius 2 is 2.20 bits per heavy atom. The largest absolute Gasteiger partial charge is 0.376 e. The van der Waals surface area contributed by atoms with Crippen LogP contribution in [0.1, 0.15) is 50.4 Å². The van der Waals surface area contributed by atoms with Crippen LogP contribution in [0.25, 0.3) is 0 Å². The van der Waals surface area contributed by atoms with Crippen molar-refractivity contribution < 1.29 is 14.0 Å². The second-order valence-electron chi connectivity index (χ2n) is 5.25. The van der Waals surface area contributed by atoms with Gasteiger partial charge in [-0.1, -0.05) is 24.9 Å². The summed E-state index contributed by atoms with van der Waals surface area (Å²) in [6.45, 7) is 4.68. The van der Waals surface area contributed by atoms with Gasteiger partial charge in [-0.15, -0.1) is 0 Å². The summed E-state index contributed by atoms with van der Waals surface area (Å²) in [5, 5.41) is 3.99. The summed E-state index contributed by atoms with van der Waals surface area (Å²) in [4.78, 5) is 4.41. The fraction of sp³-hybridized carbons (Fsp3) is 0.857. The highest BCUT2D eigenvalue weighted by Crippen LogP contribution is 2.20. The van der Waals surface area contributed by atoms with Gasteiger partial charge in [-0.25, -0.2) is 0 Å². The van der Waals surface area contributed by atoms with Crippen LogP contribution in [0, 0.1) is 5.92 Å². The van der Waals surface area contributed by atoms with Crippen LogP contribution in [0.5, 0.6) is 0 Å². The molecule has 0 bridgehead atoms. The molecule has 114 valence electrons. The topological polar surface area (TPSA) is 83.4 Å². The minimum Gasteiger partial charge on any atom is -0.376 e. The minimum absolute atomic E-state index is 0.184. The molecule has 2 unspecified atom stereocenters. The molecule has 20 heavy (non-hydrogen) atoms. The standard InChI is InChI=1S/C14H25N3O3/c1-2-3-11(6-7-15)4-5-13-16-14(17-20-13)12-10-18-8-9-19-12/h11-12H,2-10,15H2,1H3. The molecule has 6 nitrogen and oxygen atoms in total. The van der Waals surface area contributed by atoms with Crippen molar-refractivity contribution in [1.29, 1.82) is 0 Å². The molecule has 2 atom stereocenters. The first-order valence-corrected chi connectivity index (χ1v) is 7.55. The van der Waals surface area contributed by atoms with Crippen molar-refractivity contribution in [3.63, 3.8) is 0 Å². The van der Waals surface area contributed by atoms with Gasteiger partial charge in [0, 0.05) is 6.42 Å². The van der Waals surface area contributed by atoms with Crippen LogP contribution in [0.3, 0.4) is 0 Å². The van der Waals surface area contributed by atoms with Gasteiger partial charge >= 0.3 is 0 Å². The summed E-state index contributed by atoms with van der Waals surface area (Å²) in [5.41, 5.74) is 5.65. The zero-order valence-corrected chi connectivity index (χ0v) is 12.2. The molecule has 2 heterocycles. The first-order valence-electron chi connectivity index (χ1n) is 7.55. The lowest BCUT2D eigenvalue weighted by molar-refractivity contribution is -0.0941. The van der Waals surface area contributed by atoms with Crippen molar-refractivity contribution in [3.05, 3.63) is 11.7 Å². The van der Waals surface area contributed by atoms with Crippen LogP contribution in [-0.2, 0) is 15.9 Å². The SMILES string of the molecule is CCCC(CCN)CCc1nc(C2COCCO2)no1. The maximum absolute atomic E-state index is 5.65. The molecule has 0 amide bonds. The number of nitrogens with zero attached hydrogens (tertiary/aromatic N) is 2. The number of ether oxygens (including phenoxy) is 2. The summed E-state index contributed by atoms with van der Waals surface area (Å²) >= 11 is 0. The van der Waals surface area contributed by atoms with Crippen LogP contribution in [-0.4, -0.2) is 36.5 Å². The molecule has 1 fully saturated rings. The molecule has 2 rings (SSSR count). The number of rotatable bonds is 8. The van der Waals surface area contributed by atoms with E-state index in [1.54, 1.807) is 0 Å². The number of aromatic nitrogens is 2. The van der Waals surface area contributed by atoms with Gasteiger partial charge in [-0.05, 0) is 25.3 Å². The van der Waals surface area contributed by atoms with Crippen LogP contribution >= 0.6 is 0 Å². The van der Waals surface area contributed by atoms with Gasteiger partial charge in [0.15, 0.2) is 0 Å². The normalized spacial score (nSPS) is 21.0. The first-order chi connectivity index (χ1) is 9.83. The highest BCUT2D eigenvalue weighted by Gasteiger charge is 2.22. The van der Waals surface area contributed by atoms with E-state index in [0.29, 0.717) is 37.5 Å². The Labute approximate surface area is 120 Å². The molecular formula is C14H25N3O3. The molecular weight excluding hydrogens is 258 g/mol. The van der Waals surface area contributed by atoms with E-state index in [1.807, 2.05) is 0 Å². The van der Waals surface area contributed by atoms with E-state index in [0.717, 1.165) is 25.8 Å². The van der Waals surface area contributed by atoms with E-state index >= 15 is 0 Å². The average Bonchev–Trinajstić information content (AvgIpc) is 2.95. The summed E-state index contributed by atoms with van der Waals surface area (Å²) < 4.78 is 16.2. The smallest absolute Gasteiger partial charge is 0.226 e. The number of hydrogen-bond acceptors (Lipinski definition) is 6. The van der Waals surface area contributed by atoms with Gasteiger partial charge in [0.2, 0.25) is 11.7 Å². The maximum atomic E-state index is 5.65. The summed E-state index contributed by atoms with van der Waals surface area (Å²) in [6.07, 6.45) is 5.13. The molecule has 0 saturated carbocycles. The Balaban J connectivity index is 1.82. The zero-order valence-electron chi connectivity index (χ0n) is 12.2. The van der Waals surface area contributed by atoms with Crippen LogP contribution in [0.4, 0.5) is 0 Å². The van der Waals surface area contributed by atoms with Crippen molar-refractivity contribution in [2.24, 2.45) is 11.7 Å². The van der Waals surface area contributed by atoms with E-state index in [2.05, 4.69) is 17.1 Å². The van der Waals surface area contributed by atoms with Gasteiger partial charge in [0.1, 0.15) is 6.10 Å². The lowest BCUT2D eigenvalue weighted by atomic mass is 9.94. The number of hydrogen-bond donors (Lipinski definition) is 1. The quantitative estimate of drug-likeness (QED) is 0.784. The molecule has 1 aromatic heterocycles. The van der Waals surface area contributed by atoms with Crippen LogP contribution < -0.4 is 5.73 Å². The molecule has 1 aliphatic heterocycles. The van der Waals surface area contributed by atoms with Crippen molar-refractivity contribution in [2.45, 2.75) is 45.1 Å². The Hall–Kier alpha value is -0.980. The summed E-state index contributed by atoms with van der Waals surface area (Å²) in [5.74, 6) is 1.94. The third-order valence-corrected chi connectivity index (χ3v) is 3.63. The summed E-state index contributed by atoms with van der Waals surface area (Å²) in [7, 11) is 0. The van der Waals surface area contributed by atoms with Gasteiger partial charge in [-0.2, -0.15) is 4.98 Å². The van der Waals surface area contributed by atoms with E-state index in [9.17, 15) is 0 Å². The predicted octanol–water partition coefficient (Wildman–Crippen LogP) is 1.86.